The zero-order chi connectivity index (χ0) is 19.4. The Labute approximate surface area is 176 Å². The molecule has 140 valence electrons. The van der Waals surface area contributed by atoms with Crippen molar-refractivity contribution < 1.29 is 4.79 Å². The number of nitrogens with one attached hydrogen (secondary N) is 1. The van der Waals surface area contributed by atoms with E-state index in [-0.39, 0.29) is 12.5 Å². The highest BCUT2D eigenvalue weighted by Gasteiger charge is 2.16. The summed E-state index contributed by atoms with van der Waals surface area (Å²) in [5.74, 6) is 1.11. The minimum atomic E-state index is -0.318. The molecule has 1 N–H and O–H groups in total. The Morgan fingerprint density at radius 2 is 1.89 bits per heavy atom. The maximum Gasteiger partial charge on any atom is 0.253 e. The van der Waals surface area contributed by atoms with Crippen LogP contribution in [0.2, 0.25) is 15.1 Å². The monoisotopic (exact) mass is 440 g/mol. The molecule has 2 aromatic carbocycles. The molecular formula is C18H15Cl3N4OS. The molecule has 5 nitrogen and oxygen atoms in total. The van der Waals surface area contributed by atoms with Gasteiger partial charge in [0.05, 0.1) is 22.8 Å². The van der Waals surface area contributed by atoms with Gasteiger partial charge in [0.2, 0.25) is 0 Å². The van der Waals surface area contributed by atoms with E-state index >= 15 is 0 Å². The predicted octanol–water partition coefficient (Wildman–Crippen LogP) is 5.27. The molecule has 27 heavy (non-hydrogen) atoms. The Morgan fingerprint density at radius 3 is 2.59 bits per heavy atom. The number of halogens is 3. The van der Waals surface area contributed by atoms with Crippen LogP contribution in [0.25, 0.3) is 5.69 Å². The van der Waals surface area contributed by atoms with Crippen LogP contribution in [0.4, 0.5) is 0 Å². The zero-order valence-electron chi connectivity index (χ0n) is 14.2. The summed E-state index contributed by atoms with van der Waals surface area (Å²) in [5, 5.41) is 13.4. The average molecular weight is 442 g/mol. The van der Waals surface area contributed by atoms with E-state index in [1.165, 1.54) is 6.07 Å². The number of carbonyl (C=O) groups is 1. The van der Waals surface area contributed by atoms with Gasteiger partial charge in [-0.05, 0) is 42.2 Å². The van der Waals surface area contributed by atoms with E-state index in [4.69, 9.17) is 34.8 Å². The van der Waals surface area contributed by atoms with Crippen LogP contribution < -0.4 is 5.32 Å². The molecule has 0 saturated heterocycles. The standard InChI is InChI=1S/C18H15Cl3N4OS/c1-2-27-18-24-23-16(25(18)13-5-3-4-11(19)8-13)10-22-17(26)14-7-6-12(20)9-15(14)21/h3-9H,2,10H2,1H3,(H,22,26). The maximum atomic E-state index is 12.5. The molecule has 0 fully saturated rings. The van der Waals surface area contributed by atoms with Crippen molar-refractivity contribution in [3.63, 3.8) is 0 Å². The highest BCUT2D eigenvalue weighted by Crippen LogP contribution is 2.24. The molecule has 0 spiro atoms. The molecule has 0 aliphatic carbocycles. The molecule has 3 rings (SSSR count). The van der Waals surface area contributed by atoms with E-state index in [9.17, 15) is 4.79 Å². The third kappa shape index (κ3) is 4.76. The molecule has 0 radical (unpaired) electrons. The number of amides is 1. The fourth-order valence-corrected chi connectivity index (χ4v) is 3.82. The van der Waals surface area contributed by atoms with Crippen LogP contribution in [-0.2, 0) is 6.54 Å². The average Bonchev–Trinajstić information content (AvgIpc) is 3.02. The number of hydrogen-bond acceptors (Lipinski definition) is 4. The van der Waals surface area contributed by atoms with Crippen molar-refractivity contribution in [2.75, 3.05) is 5.75 Å². The lowest BCUT2D eigenvalue weighted by atomic mass is 10.2. The van der Waals surface area contributed by atoms with Crippen LogP contribution in [0.5, 0.6) is 0 Å². The van der Waals surface area contributed by atoms with Crippen LogP contribution in [0.15, 0.2) is 47.6 Å². The van der Waals surface area contributed by atoms with Crippen molar-refractivity contribution in [3.8, 4) is 5.69 Å². The number of benzene rings is 2. The number of rotatable bonds is 6. The lowest BCUT2D eigenvalue weighted by molar-refractivity contribution is 0.0950. The first kappa shape index (κ1) is 20.0. The minimum absolute atomic E-state index is 0.182. The largest absolute Gasteiger partial charge is 0.345 e. The molecule has 0 aliphatic rings. The number of thioether (sulfide) groups is 1. The second-order valence-electron chi connectivity index (χ2n) is 5.45. The number of aromatic nitrogens is 3. The highest BCUT2D eigenvalue weighted by atomic mass is 35.5. The van der Waals surface area contributed by atoms with Crippen molar-refractivity contribution in [1.29, 1.82) is 0 Å². The van der Waals surface area contributed by atoms with E-state index in [1.807, 2.05) is 29.7 Å². The highest BCUT2D eigenvalue weighted by molar-refractivity contribution is 7.99. The van der Waals surface area contributed by atoms with Gasteiger partial charge in [-0.1, -0.05) is 59.6 Å². The molecule has 3 aromatic rings. The summed E-state index contributed by atoms with van der Waals surface area (Å²) < 4.78 is 1.88. The van der Waals surface area contributed by atoms with Crippen molar-refractivity contribution in [1.82, 2.24) is 20.1 Å². The van der Waals surface area contributed by atoms with Crippen LogP contribution >= 0.6 is 46.6 Å². The molecule has 0 bridgehead atoms. The van der Waals surface area contributed by atoms with Gasteiger partial charge in [-0.3, -0.25) is 9.36 Å². The van der Waals surface area contributed by atoms with Crippen molar-refractivity contribution in [2.45, 2.75) is 18.6 Å². The first-order valence-electron chi connectivity index (χ1n) is 8.06. The fourth-order valence-electron chi connectivity index (χ4n) is 2.44. The summed E-state index contributed by atoms with van der Waals surface area (Å²) in [6.45, 7) is 2.22. The Hall–Kier alpha value is -1.73. The Morgan fingerprint density at radius 1 is 1.11 bits per heavy atom. The summed E-state index contributed by atoms with van der Waals surface area (Å²) in [4.78, 5) is 12.5. The van der Waals surface area contributed by atoms with Gasteiger partial charge in [0.25, 0.3) is 5.91 Å². The van der Waals surface area contributed by atoms with E-state index in [1.54, 1.807) is 30.0 Å². The number of carbonyl (C=O) groups excluding carboxylic acids is 1. The molecule has 1 amide bonds. The Kier molecular flexibility index (Phi) is 6.65. The van der Waals surface area contributed by atoms with Gasteiger partial charge in [0, 0.05) is 10.0 Å². The van der Waals surface area contributed by atoms with Crippen LogP contribution in [-0.4, -0.2) is 26.4 Å². The quantitative estimate of drug-likeness (QED) is 0.529. The van der Waals surface area contributed by atoms with Crippen molar-refractivity contribution in [3.05, 3.63) is 68.9 Å². The van der Waals surface area contributed by atoms with Crippen LogP contribution in [0.1, 0.15) is 23.1 Å². The predicted molar refractivity (Wildman–Crippen MR) is 110 cm³/mol. The van der Waals surface area contributed by atoms with E-state index in [0.29, 0.717) is 26.5 Å². The number of nitrogens with zero attached hydrogens (tertiary/aromatic N) is 3. The van der Waals surface area contributed by atoms with Crippen LogP contribution in [0.3, 0.4) is 0 Å². The lowest BCUT2D eigenvalue weighted by Gasteiger charge is -2.11. The normalized spacial score (nSPS) is 10.8. The third-order valence-corrected chi connectivity index (χ3v) is 5.22. The molecule has 0 atom stereocenters. The van der Waals surface area contributed by atoms with E-state index in [2.05, 4.69) is 15.5 Å². The van der Waals surface area contributed by atoms with Gasteiger partial charge >= 0.3 is 0 Å². The lowest BCUT2D eigenvalue weighted by Crippen LogP contribution is -2.25. The second kappa shape index (κ2) is 8.97. The SMILES string of the molecule is CCSc1nnc(CNC(=O)c2ccc(Cl)cc2Cl)n1-c1cccc(Cl)c1. The fraction of sp³-hybridized carbons (Fsp3) is 0.167. The Bertz CT molecular complexity index is 977. The Balaban J connectivity index is 1.85. The van der Waals surface area contributed by atoms with Crippen LogP contribution in [0, 0.1) is 0 Å². The topological polar surface area (TPSA) is 59.8 Å². The number of hydrogen-bond donors (Lipinski definition) is 1. The second-order valence-corrected chi connectivity index (χ2v) is 7.97. The van der Waals surface area contributed by atoms with Gasteiger partial charge < -0.3 is 5.32 Å². The summed E-state index contributed by atoms with van der Waals surface area (Å²) in [6, 6.07) is 12.1. The van der Waals surface area contributed by atoms with E-state index in [0.717, 1.165) is 16.6 Å². The third-order valence-electron chi connectivity index (χ3n) is 3.62. The van der Waals surface area contributed by atoms with E-state index < -0.39 is 0 Å². The zero-order valence-corrected chi connectivity index (χ0v) is 17.3. The maximum absolute atomic E-state index is 12.5. The summed E-state index contributed by atoms with van der Waals surface area (Å²) in [7, 11) is 0. The molecule has 1 aromatic heterocycles. The van der Waals surface area contributed by atoms with Gasteiger partial charge in [-0.2, -0.15) is 0 Å². The van der Waals surface area contributed by atoms with Gasteiger partial charge in [-0.15, -0.1) is 10.2 Å². The molecular weight excluding hydrogens is 427 g/mol. The van der Waals surface area contributed by atoms with Crippen molar-refractivity contribution >= 4 is 52.5 Å². The summed E-state index contributed by atoms with van der Waals surface area (Å²) in [5.41, 5.74) is 1.18. The minimum Gasteiger partial charge on any atom is -0.345 e. The first-order valence-corrected chi connectivity index (χ1v) is 10.2. The summed E-state index contributed by atoms with van der Waals surface area (Å²) >= 11 is 19.7. The molecule has 0 saturated carbocycles. The summed E-state index contributed by atoms with van der Waals surface area (Å²) in [6.07, 6.45) is 0. The van der Waals surface area contributed by atoms with Gasteiger partial charge in [0.15, 0.2) is 11.0 Å². The molecule has 0 unspecified atom stereocenters. The first-order chi connectivity index (χ1) is 13.0. The molecule has 0 aliphatic heterocycles. The van der Waals surface area contributed by atoms with Gasteiger partial charge in [0.1, 0.15) is 0 Å². The molecule has 1 heterocycles. The van der Waals surface area contributed by atoms with Gasteiger partial charge in [-0.25, -0.2) is 0 Å². The van der Waals surface area contributed by atoms with Crippen molar-refractivity contribution in [2.24, 2.45) is 0 Å². The smallest absolute Gasteiger partial charge is 0.253 e. The molecule has 9 heteroatoms.